The van der Waals surface area contributed by atoms with Crippen molar-refractivity contribution in [3.05, 3.63) is 37.5 Å². The van der Waals surface area contributed by atoms with Crippen molar-refractivity contribution in [1.29, 1.82) is 0 Å². The van der Waals surface area contributed by atoms with Crippen molar-refractivity contribution in [1.82, 2.24) is 0 Å². The first kappa shape index (κ1) is 29.8. The molecule has 0 fully saturated rings. The second-order valence-corrected chi connectivity index (χ2v) is 6.11. The molecule has 1 N–H and O–H groups in total. The summed E-state index contributed by atoms with van der Waals surface area (Å²) in [5.41, 5.74) is 0. The molecule has 0 aromatic rings. The van der Waals surface area contributed by atoms with Crippen LogP contribution in [0.1, 0.15) is 96.8 Å². The standard InChI is InChI=1S/C18H34O2.C4H4.Ce/c1-2-3-4-5-6-7-8-9-10-11-12-13-14-15-16-17-18(19)20;1-3-4-2;/h9-10H,2-8,11-17H2,1H3,(H,19,20);1-4H;/q;-2;/b10-9-;;. The number of hydrogen-bond acceptors (Lipinski definition) is 1. The zero-order chi connectivity index (χ0) is 18.3. The van der Waals surface area contributed by atoms with E-state index in [0.717, 1.165) is 12.8 Å². The molecule has 0 spiro atoms. The zero-order valence-electron chi connectivity index (χ0n) is 16.2. The van der Waals surface area contributed by atoms with Crippen LogP contribution in [0, 0.1) is 54.9 Å². The van der Waals surface area contributed by atoms with Gasteiger partial charge in [0, 0.05) is 48.2 Å². The van der Waals surface area contributed by atoms with Gasteiger partial charge in [-0.3, -0.25) is 4.79 Å². The number of allylic oxidation sites excluding steroid dienone is 4. The molecule has 0 aromatic heterocycles. The molecule has 0 saturated heterocycles. The zero-order valence-corrected chi connectivity index (χ0v) is 19.4. The summed E-state index contributed by atoms with van der Waals surface area (Å²) in [5, 5.41) is 8.51. The first-order valence-corrected chi connectivity index (χ1v) is 9.64. The number of rotatable bonds is 16. The summed E-state index contributed by atoms with van der Waals surface area (Å²) in [5.74, 6) is -0.664. The number of aliphatic carboxylic acids is 1. The van der Waals surface area contributed by atoms with Crippen molar-refractivity contribution >= 4 is 5.97 Å². The van der Waals surface area contributed by atoms with Gasteiger partial charge < -0.3 is 30.4 Å². The molecule has 0 amide bonds. The van der Waals surface area contributed by atoms with E-state index in [0.29, 0.717) is 6.42 Å². The largest absolute Gasteiger partial charge is 0.481 e. The van der Waals surface area contributed by atoms with Crippen LogP contribution >= 0.6 is 0 Å². The molecule has 0 aliphatic rings. The van der Waals surface area contributed by atoms with Gasteiger partial charge in [-0.2, -0.15) is 0 Å². The molecule has 0 aliphatic heterocycles. The van der Waals surface area contributed by atoms with Gasteiger partial charge in [0.25, 0.3) is 0 Å². The third-order valence-corrected chi connectivity index (χ3v) is 3.76. The molecule has 3 heteroatoms. The third-order valence-electron chi connectivity index (χ3n) is 3.76. The maximum absolute atomic E-state index is 10.3. The van der Waals surface area contributed by atoms with Crippen molar-refractivity contribution in [2.75, 3.05) is 0 Å². The normalized spacial score (nSPS) is 9.80. The molecular weight excluding hydrogens is 436 g/mol. The summed E-state index contributed by atoms with van der Waals surface area (Å²) in [7, 11) is 0. The van der Waals surface area contributed by atoms with E-state index in [1.807, 2.05) is 0 Å². The van der Waals surface area contributed by atoms with E-state index in [9.17, 15) is 4.79 Å². The minimum atomic E-state index is -0.664. The summed E-state index contributed by atoms with van der Waals surface area (Å²) in [6, 6.07) is 0. The molecule has 2 nitrogen and oxygen atoms in total. The van der Waals surface area contributed by atoms with Gasteiger partial charge in [-0.15, -0.1) is 0 Å². The number of carbonyl (C=O) groups is 1. The predicted octanol–water partition coefficient (Wildman–Crippen LogP) is 7.07. The van der Waals surface area contributed by atoms with Gasteiger partial charge in [0.15, 0.2) is 0 Å². The number of carboxylic acid groups (broad SMARTS) is 1. The molecule has 0 radical (unpaired) electrons. The summed E-state index contributed by atoms with van der Waals surface area (Å²) in [6.07, 6.45) is 23.8. The Labute approximate surface area is 190 Å². The van der Waals surface area contributed by atoms with E-state index in [1.165, 1.54) is 82.8 Å². The van der Waals surface area contributed by atoms with E-state index in [2.05, 4.69) is 19.1 Å². The second-order valence-electron chi connectivity index (χ2n) is 6.11. The number of unbranched alkanes of at least 4 members (excludes halogenated alkanes) is 11. The van der Waals surface area contributed by atoms with Crippen LogP contribution < -0.4 is 0 Å². The molecule has 25 heavy (non-hydrogen) atoms. The fourth-order valence-electron chi connectivity index (χ4n) is 2.35. The summed E-state index contributed by atoms with van der Waals surface area (Å²) < 4.78 is 0. The minimum absolute atomic E-state index is 0. The van der Waals surface area contributed by atoms with Crippen molar-refractivity contribution < 1.29 is 51.6 Å². The Morgan fingerprint density at radius 3 is 1.56 bits per heavy atom. The summed E-state index contributed by atoms with van der Waals surface area (Å²) in [4.78, 5) is 10.3. The maximum atomic E-state index is 10.3. The quantitative estimate of drug-likeness (QED) is 0.112. The van der Waals surface area contributed by atoms with Crippen molar-refractivity contribution in [3.8, 4) is 0 Å². The third kappa shape index (κ3) is 35.9. The fraction of sp³-hybridized carbons (Fsp3) is 0.682. The molecule has 144 valence electrons. The van der Waals surface area contributed by atoms with Crippen LogP contribution in [0.2, 0.25) is 0 Å². The van der Waals surface area contributed by atoms with E-state index in [1.54, 1.807) is 0 Å². The SMILES string of the molecule is CCCCCCCC/C=C\CCCCCCCC(=O)O.[CH-]=CC=[CH-].[Ce]. The fourth-order valence-corrected chi connectivity index (χ4v) is 2.35. The van der Waals surface area contributed by atoms with Crippen LogP contribution in [0.15, 0.2) is 24.3 Å². The monoisotopic (exact) mass is 474 g/mol. The van der Waals surface area contributed by atoms with E-state index in [4.69, 9.17) is 18.3 Å². The van der Waals surface area contributed by atoms with Crippen LogP contribution in [0.4, 0.5) is 0 Å². The van der Waals surface area contributed by atoms with E-state index >= 15 is 0 Å². The second kappa shape index (κ2) is 28.9. The Morgan fingerprint density at radius 1 is 0.760 bits per heavy atom. The average Bonchev–Trinajstić information content (AvgIpc) is 2.58. The molecule has 0 unspecified atom stereocenters. The van der Waals surface area contributed by atoms with Crippen LogP contribution in [-0.2, 0) is 4.79 Å². The number of hydrogen-bond donors (Lipinski definition) is 1. The molecule has 0 rings (SSSR count). The van der Waals surface area contributed by atoms with Gasteiger partial charge in [-0.05, 0) is 32.1 Å². The molecule has 0 saturated carbocycles. The predicted molar refractivity (Wildman–Crippen MR) is 105 cm³/mol. The Kier molecular flexibility index (Phi) is 34.4. The van der Waals surface area contributed by atoms with E-state index in [-0.39, 0.29) is 41.7 Å². The molecule has 0 aliphatic carbocycles. The first-order valence-electron chi connectivity index (χ1n) is 9.64. The average molecular weight is 475 g/mol. The molecule has 0 aromatic carbocycles. The Balaban J connectivity index is -0.000000867. The summed E-state index contributed by atoms with van der Waals surface area (Å²) >= 11 is 0. The first-order chi connectivity index (χ1) is 11.7. The molecule has 0 atom stereocenters. The van der Waals surface area contributed by atoms with Gasteiger partial charge in [-0.25, -0.2) is 0 Å². The van der Waals surface area contributed by atoms with Gasteiger partial charge in [-0.1, -0.05) is 70.4 Å². The minimum Gasteiger partial charge on any atom is -0.481 e. The Hall–Kier alpha value is 0.0666. The van der Waals surface area contributed by atoms with E-state index < -0.39 is 5.97 Å². The van der Waals surface area contributed by atoms with Crippen LogP contribution in [0.5, 0.6) is 0 Å². The summed E-state index contributed by atoms with van der Waals surface area (Å²) in [6.45, 7) is 11.7. The number of carboxylic acids is 1. The van der Waals surface area contributed by atoms with Gasteiger partial charge in [0.1, 0.15) is 0 Å². The Morgan fingerprint density at radius 2 is 1.16 bits per heavy atom. The van der Waals surface area contributed by atoms with Crippen molar-refractivity contribution in [2.45, 2.75) is 96.8 Å². The molecule has 0 bridgehead atoms. The van der Waals surface area contributed by atoms with Gasteiger partial charge in [0.2, 0.25) is 0 Å². The van der Waals surface area contributed by atoms with Gasteiger partial charge >= 0.3 is 5.97 Å². The van der Waals surface area contributed by atoms with Crippen LogP contribution in [0.25, 0.3) is 0 Å². The Bertz CT molecular complexity index is 305. The van der Waals surface area contributed by atoms with Crippen molar-refractivity contribution in [2.24, 2.45) is 0 Å². The van der Waals surface area contributed by atoms with Crippen LogP contribution in [-0.4, -0.2) is 11.1 Å². The topological polar surface area (TPSA) is 37.3 Å². The molecule has 0 heterocycles. The van der Waals surface area contributed by atoms with Crippen molar-refractivity contribution in [3.63, 3.8) is 0 Å². The van der Waals surface area contributed by atoms with Crippen LogP contribution in [0.3, 0.4) is 0 Å². The molecular formula is C22H38CeO2-2. The smallest absolute Gasteiger partial charge is 0.303 e. The maximum Gasteiger partial charge on any atom is 0.303 e. The van der Waals surface area contributed by atoms with Gasteiger partial charge in [0.05, 0.1) is 0 Å².